The zero-order chi connectivity index (χ0) is 26.5. The minimum Gasteiger partial charge on any atom is -0.477 e. The molecule has 0 aliphatic carbocycles. The summed E-state index contributed by atoms with van der Waals surface area (Å²) in [6.45, 7) is 0.561. The van der Waals surface area contributed by atoms with Gasteiger partial charge in [-0.15, -0.1) is 0 Å². The Morgan fingerprint density at radius 1 is 1.43 bits per heavy atom. The minimum atomic E-state index is -1.21. The third kappa shape index (κ3) is 5.71. The molecule has 1 fully saturated rings. The highest BCUT2D eigenvalue weighted by Crippen LogP contribution is 2.44. The van der Waals surface area contributed by atoms with Crippen molar-refractivity contribution in [3.05, 3.63) is 40.5 Å². The predicted octanol–water partition coefficient (Wildman–Crippen LogP) is 0.636. The van der Waals surface area contributed by atoms with Gasteiger partial charge >= 0.3 is 5.97 Å². The zero-order valence-electron chi connectivity index (χ0n) is 19.6. The molecule has 0 spiro atoms. The molecule has 37 heavy (non-hydrogen) atoms. The summed E-state index contributed by atoms with van der Waals surface area (Å²) in [6.07, 6.45) is 4.30. The fourth-order valence-corrected chi connectivity index (χ4v) is 6.40. The van der Waals surface area contributed by atoms with Crippen molar-refractivity contribution in [3.8, 4) is 0 Å². The summed E-state index contributed by atoms with van der Waals surface area (Å²) in [6, 6.07) is 0.398. The van der Waals surface area contributed by atoms with E-state index in [-0.39, 0.29) is 22.4 Å². The molecule has 4 rings (SSSR count). The number of hydrogen-bond donors (Lipinski definition) is 4. The van der Waals surface area contributed by atoms with E-state index in [1.807, 2.05) is 6.07 Å². The number of hydrogen-bond acceptors (Lipinski definition) is 13. The Morgan fingerprint density at radius 3 is 2.92 bits per heavy atom. The number of allylic oxidation sites excluding steroid dienone is 1. The van der Waals surface area contributed by atoms with Gasteiger partial charge in [0.25, 0.3) is 11.8 Å². The van der Waals surface area contributed by atoms with Crippen LogP contribution in [0.15, 0.2) is 39.1 Å². The van der Waals surface area contributed by atoms with Crippen molar-refractivity contribution >= 4 is 63.7 Å². The molecule has 16 heteroatoms. The Kier molecular flexibility index (Phi) is 8.63. The number of nitrogens with two attached hydrogens (primary N) is 2. The van der Waals surface area contributed by atoms with E-state index in [1.165, 1.54) is 23.8 Å². The third-order valence-corrected chi connectivity index (χ3v) is 8.39. The van der Waals surface area contributed by atoms with E-state index in [0.717, 1.165) is 27.7 Å². The van der Waals surface area contributed by atoms with E-state index in [9.17, 15) is 19.5 Å². The quantitative estimate of drug-likeness (QED) is 0.129. The molecule has 0 saturated carbocycles. The Hall–Kier alpha value is -3.21. The van der Waals surface area contributed by atoms with Crippen molar-refractivity contribution in [2.45, 2.75) is 35.6 Å². The topological polar surface area (TPSA) is 199 Å². The van der Waals surface area contributed by atoms with Crippen LogP contribution in [0.1, 0.15) is 24.2 Å². The number of carboxylic acid groups (broad SMARTS) is 1. The van der Waals surface area contributed by atoms with Gasteiger partial charge in [0.2, 0.25) is 11.5 Å². The van der Waals surface area contributed by atoms with Gasteiger partial charge in [0, 0.05) is 51.8 Å². The standard InChI is InChI=1S/C21H24N8O5S3/c1-34-27-15(17-26-21(23)37-28-17)18(30)25-14-11-2-3-13(16(20(32)33)29(11)19(14)31)36-12-4-6-24-8-10(12)9-35-7-5-22/h4,6,8,11,14H,2-3,5,7,9,22H2,1H3,(H,25,30)(H,32,33)(H2,23,26,28)/b27-15-/t11-,14+/m1/s1. The van der Waals surface area contributed by atoms with Gasteiger partial charge in [-0.25, -0.2) is 4.79 Å². The Bertz CT molecular complexity index is 1270. The lowest BCUT2D eigenvalue weighted by atomic mass is 9.86. The second-order valence-corrected chi connectivity index (χ2v) is 10.9. The molecule has 4 heterocycles. The molecule has 2 aromatic heterocycles. The van der Waals surface area contributed by atoms with Crippen molar-refractivity contribution in [3.63, 3.8) is 0 Å². The average Bonchev–Trinajstić information content (AvgIpc) is 3.32. The van der Waals surface area contributed by atoms with Crippen molar-refractivity contribution in [1.29, 1.82) is 0 Å². The lowest BCUT2D eigenvalue weighted by Crippen LogP contribution is -2.72. The third-order valence-electron chi connectivity index (χ3n) is 5.54. The van der Waals surface area contributed by atoms with E-state index in [4.69, 9.17) is 16.3 Å². The highest BCUT2D eigenvalue weighted by atomic mass is 32.2. The molecule has 0 bridgehead atoms. The number of fused-ring (bicyclic) bond motifs is 1. The van der Waals surface area contributed by atoms with Crippen molar-refractivity contribution < 1.29 is 24.3 Å². The van der Waals surface area contributed by atoms with E-state index in [0.29, 0.717) is 30.0 Å². The molecule has 13 nitrogen and oxygen atoms in total. The zero-order valence-corrected chi connectivity index (χ0v) is 22.1. The smallest absolute Gasteiger partial charge is 0.353 e. The van der Waals surface area contributed by atoms with Gasteiger partial charge < -0.3 is 26.7 Å². The highest BCUT2D eigenvalue weighted by Gasteiger charge is 2.54. The average molecular weight is 565 g/mol. The van der Waals surface area contributed by atoms with Crippen LogP contribution >= 0.6 is 35.1 Å². The van der Waals surface area contributed by atoms with Crippen molar-refractivity contribution in [2.75, 3.05) is 25.1 Å². The molecule has 0 radical (unpaired) electrons. The van der Waals surface area contributed by atoms with Crippen LogP contribution in [-0.2, 0) is 25.0 Å². The molecule has 2 aliphatic heterocycles. The van der Waals surface area contributed by atoms with Crippen LogP contribution in [0.25, 0.3) is 0 Å². The number of aromatic nitrogens is 3. The summed E-state index contributed by atoms with van der Waals surface area (Å²) >= 11 is 3.87. The van der Waals surface area contributed by atoms with Crippen LogP contribution in [0, 0.1) is 0 Å². The van der Waals surface area contributed by atoms with Crippen LogP contribution in [0.2, 0.25) is 0 Å². The van der Waals surface area contributed by atoms with Crippen LogP contribution in [0.4, 0.5) is 5.13 Å². The van der Waals surface area contributed by atoms with Gasteiger partial charge in [0.05, 0.1) is 6.04 Å². The number of oxime groups is 1. The SMILES string of the molecule is CO/N=C(\C(=O)N[C@@H]1C(=O)N2C(C(=O)O)=C(Sc3ccncc3CSCCN)CC[C@H]12)c1nsc(N)n1. The molecular weight excluding hydrogens is 540 g/mol. The Balaban J connectivity index is 1.52. The van der Waals surface area contributed by atoms with Gasteiger partial charge in [0.1, 0.15) is 18.8 Å². The first kappa shape index (κ1) is 26.8. The number of aliphatic carboxylic acids is 1. The number of pyridine rings is 1. The second kappa shape index (κ2) is 11.9. The van der Waals surface area contributed by atoms with Gasteiger partial charge in [-0.3, -0.25) is 19.5 Å². The van der Waals surface area contributed by atoms with Crippen molar-refractivity contribution in [2.24, 2.45) is 10.9 Å². The molecular formula is C21H24N8O5S3. The van der Waals surface area contributed by atoms with Crippen molar-refractivity contribution in [1.82, 2.24) is 24.6 Å². The van der Waals surface area contributed by atoms with Crippen LogP contribution < -0.4 is 16.8 Å². The highest BCUT2D eigenvalue weighted by molar-refractivity contribution is 8.03. The number of nitrogens with one attached hydrogen (secondary N) is 1. The molecule has 2 aromatic rings. The van der Waals surface area contributed by atoms with E-state index in [1.54, 1.807) is 24.2 Å². The fraction of sp³-hybridized carbons (Fsp3) is 0.381. The van der Waals surface area contributed by atoms with E-state index < -0.39 is 29.9 Å². The van der Waals surface area contributed by atoms with Gasteiger partial charge in [0.15, 0.2) is 5.13 Å². The summed E-state index contributed by atoms with van der Waals surface area (Å²) in [5.41, 5.74) is 11.8. The first-order valence-electron chi connectivity index (χ1n) is 11.0. The lowest BCUT2D eigenvalue weighted by molar-refractivity contribution is -0.155. The predicted molar refractivity (Wildman–Crippen MR) is 140 cm³/mol. The Labute approximate surface area is 224 Å². The maximum absolute atomic E-state index is 13.1. The number of rotatable bonds is 11. The largest absolute Gasteiger partial charge is 0.477 e. The normalized spacial score (nSPS) is 19.4. The summed E-state index contributed by atoms with van der Waals surface area (Å²) in [7, 11) is 1.26. The summed E-state index contributed by atoms with van der Waals surface area (Å²) in [5, 5.41) is 16.4. The van der Waals surface area contributed by atoms with E-state index in [2.05, 4.69) is 24.8 Å². The molecule has 0 aromatic carbocycles. The molecule has 1 saturated heterocycles. The molecule has 2 atom stereocenters. The molecule has 0 unspecified atom stereocenters. The Morgan fingerprint density at radius 2 is 2.24 bits per heavy atom. The minimum absolute atomic E-state index is 0.0308. The summed E-state index contributed by atoms with van der Waals surface area (Å²) < 4.78 is 3.96. The second-order valence-electron chi connectivity index (χ2n) is 7.85. The first-order chi connectivity index (χ1) is 17.8. The van der Waals surface area contributed by atoms with Crippen LogP contribution in [0.5, 0.6) is 0 Å². The maximum atomic E-state index is 13.1. The summed E-state index contributed by atoms with van der Waals surface area (Å²) in [4.78, 5) is 53.7. The first-order valence-corrected chi connectivity index (χ1v) is 13.8. The summed E-state index contributed by atoms with van der Waals surface area (Å²) in [5.74, 6) is -1.01. The number of carboxylic acids is 1. The van der Waals surface area contributed by atoms with Gasteiger partial charge in [-0.1, -0.05) is 16.9 Å². The number of anilines is 1. The van der Waals surface area contributed by atoms with Gasteiger partial charge in [-0.2, -0.15) is 21.1 Å². The van der Waals surface area contributed by atoms with Gasteiger partial charge in [-0.05, 0) is 24.5 Å². The molecule has 6 N–H and O–H groups in total. The van der Waals surface area contributed by atoms with Crippen LogP contribution in [0.3, 0.4) is 0 Å². The monoisotopic (exact) mass is 564 g/mol. The number of β-lactam (4-membered cyclic amide) rings is 1. The van der Waals surface area contributed by atoms with Crippen LogP contribution in [-0.4, -0.2) is 79.3 Å². The number of nitrogen functional groups attached to an aromatic ring is 1. The fourth-order valence-electron chi connectivity index (χ4n) is 3.96. The maximum Gasteiger partial charge on any atom is 0.353 e. The number of amides is 2. The number of thioether (sulfide) groups is 2. The molecule has 2 aliphatic rings. The lowest BCUT2D eigenvalue weighted by Gasteiger charge is -2.50. The number of nitrogens with zero attached hydrogens (tertiary/aromatic N) is 5. The molecule has 196 valence electrons. The number of carbonyl (C=O) groups excluding carboxylic acids is 2. The van der Waals surface area contributed by atoms with E-state index >= 15 is 0 Å². The molecule has 2 amide bonds. The number of carbonyl (C=O) groups is 3.